The van der Waals surface area contributed by atoms with Crippen LogP contribution in [-0.2, 0) is 9.53 Å². The number of para-hydroxylation sites is 1. The molecule has 2 aromatic rings. The molecule has 0 saturated heterocycles. The average Bonchev–Trinajstić information content (AvgIpc) is 2.66. The number of anilines is 1. The van der Waals surface area contributed by atoms with Crippen molar-refractivity contribution in [3.8, 4) is 11.5 Å². The molecule has 0 bridgehead atoms. The number of esters is 1. The number of rotatable bonds is 7. The first-order valence-electron chi connectivity index (χ1n) is 8.39. The predicted octanol–water partition coefficient (Wildman–Crippen LogP) is 3.71. The van der Waals surface area contributed by atoms with Gasteiger partial charge in [-0.25, -0.2) is 4.79 Å². The van der Waals surface area contributed by atoms with Crippen LogP contribution in [0.1, 0.15) is 42.1 Å². The van der Waals surface area contributed by atoms with E-state index < -0.39 is 18.5 Å². The molecule has 1 amide bonds. The standard InChI is InChI=1S/C20H23NO5/c1-4-13(2)15-7-5-6-8-17(15)21-19(23)12-26-20(24)16-11-14(25-3)9-10-18(16)22/h5-11,13,22H,4,12H2,1-3H3,(H,21,23)/t13-/m0/s1. The maximum Gasteiger partial charge on any atom is 0.342 e. The van der Waals surface area contributed by atoms with Crippen LogP contribution < -0.4 is 10.1 Å². The van der Waals surface area contributed by atoms with Crippen LogP contribution >= 0.6 is 0 Å². The number of carbonyl (C=O) groups excluding carboxylic acids is 2. The minimum Gasteiger partial charge on any atom is -0.507 e. The second-order valence-corrected chi connectivity index (χ2v) is 5.90. The van der Waals surface area contributed by atoms with Gasteiger partial charge in [-0.2, -0.15) is 0 Å². The van der Waals surface area contributed by atoms with Gasteiger partial charge in [-0.05, 0) is 42.2 Å². The normalized spacial score (nSPS) is 11.5. The molecular weight excluding hydrogens is 334 g/mol. The lowest BCUT2D eigenvalue weighted by atomic mass is 9.97. The summed E-state index contributed by atoms with van der Waals surface area (Å²) in [6.45, 7) is 3.70. The smallest absolute Gasteiger partial charge is 0.342 e. The Morgan fingerprint density at radius 1 is 1.19 bits per heavy atom. The maximum atomic E-state index is 12.1. The minimum absolute atomic E-state index is 0.0582. The van der Waals surface area contributed by atoms with E-state index in [-0.39, 0.29) is 11.3 Å². The van der Waals surface area contributed by atoms with E-state index in [1.54, 1.807) is 0 Å². The highest BCUT2D eigenvalue weighted by Crippen LogP contribution is 2.26. The van der Waals surface area contributed by atoms with Crippen LogP contribution in [0.25, 0.3) is 0 Å². The van der Waals surface area contributed by atoms with Crippen molar-refractivity contribution in [2.45, 2.75) is 26.2 Å². The number of ether oxygens (including phenoxy) is 2. The molecule has 2 N–H and O–H groups in total. The van der Waals surface area contributed by atoms with Crippen LogP contribution in [0.15, 0.2) is 42.5 Å². The molecule has 0 aromatic heterocycles. The van der Waals surface area contributed by atoms with Gasteiger partial charge in [-0.1, -0.05) is 32.0 Å². The molecule has 0 spiro atoms. The van der Waals surface area contributed by atoms with Crippen LogP contribution in [0.3, 0.4) is 0 Å². The second-order valence-electron chi connectivity index (χ2n) is 5.90. The Morgan fingerprint density at radius 3 is 2.62 bits per heavy atom. The zero-order valence-electron chi connectivity index (χ0n) is 15.1. The Kier molecular flexibility index (Phi) is 6.60. The monoisotopic (exact) mass is 357 g/mol. The predicted molar refractivity (Wildman–Crippen MR) is 98.7 cm³/mol. The molecule has 26 heavy (non-hydrogen) atoms. The number of methoxy groups -OCH3 is 1. The van der Waals surface area contributed by atoms with Crippen LogP contribution in [-0.4, -0.2) is 30.7 Å². The number of amides is 1. The Labute approximate surface area is 152 Å². The van der Waals surface area contributed by atoms with E-state index >= 15 is 0 Å². The highest BCUT2D eigenvalue weighted by molar-refractivity contribution is 5.97. The van der Waals surface area contributed by atoms with Crippen LogP contribution in [0.5, 0.6) is 11.5 Å². The van der Waals surface area contributed by atoms with Crippen molar-refractivity contribution in [2.24, 2.45) is 0 Å². The Balaban J connectivity index is 2.00. The number of phenolic OH excluding ortho intramolecular Hbond substituents is 1. The first-order chi connectivity index (χ1) is 12.5. The zero-order chi connectivity index (χ0) is 19.1. The molecule has 0 aliphatic rings. The van der Waals surface area contributed by atoms with Gasteiger partial charge < -0.3 is 19.9 Å². The number of hydrogen-bond acceptors (Lipinski definition) is 5. The van der Waals surface area contributed by atoms with Gasteiger partial charge in [0, 0.05) is 5.69 Å². The van der Waals surface area contributed by atoms with E-state index in [9.17, 15) is 14.7 Å². The highest BCUT2D eigenvalue weighted by atomic mass is 16.5. The molecule has 0 unspecified atom stereocenters. The molecule has 0 heterocycles. The fourth-order valence-corrected chi connectivity index (χ4v) is 2.46. The van der Waals surface area contributed by atoms with Gasteiger partial charge in [0.05, 0.1) is 7.11 Å². The number of carbonyl (C=O) groups is 2. The second kappa shape index (κ2) is 8.89. The third-order valence-corrected chi connectivity index (χ3v) is 4.14. The van der Waals surface area contributed by atoms with Crippen molar-refractivity contribution in [1.29, 1.82) is 0 Å². The van der Waals surface area contributed by atoms with Gasteiger partial charge in [-0.15, -0.1) is 0 Å². The zero-order valence-corrected chi connectivity index (χ0v) is 15.1. The van der Waals surface area contributed by atoms with Crippen molar-refractivity contribution in [3.63, 3.8) is 0 Å². The molecule has 138 valence electrons. The minimum atomic E-state index is -0.799. The lowest BCUT2D eigenvalue weighted by Gasteiger charge is -2.15. The summed E-state index contributed by atoms with van der Waals surface area (Å²) in [6.07, 6.45) is 0.941. The van der Waals surface area contributed by atoms with Crippen LogP contribution in [0, 0.1) is 0 Å². The van der Waals surface area contributed by atoms with Gasteiger partial charge in [0.2, 0.25) is 0 Å². The quantitative estimate of drug-likeness (QED) is 0.738. The van der Waals surface area contributed by atoms with Gasteiger partial charge in [0.25, 0.3) is 5.91 Å². The maximum absolute atomic E-state index is 12.1. The van der Waals surface area contributed by atoms with Crippen molar-refractivity contribution in [1.82, 2.24) is 0 Å². The van der Waals surface area contributed by atoms with E-state index in [0.717, 1.165) is 12.0 Å². The first-order valence-corrected chi connectivity index (χ1v) is 8.39. The molecule has 0 saturated carbocycles. The Morgan fingerprint density at radius 2 is 1.92 bits per heavy atom. The van der Waals surface area contributed by atoms with Crippen LogP contribution in [0.2, 0.25) is 0 Å². The summed E-state index contributed by atoms with van der Waals surface area (Å²) in [6, 6.07) is 11.7. The fourth-order valence-electron chi connectivity index (χ4n) is 2.46. The Hall–Kier alpha value is -3.02. The van der Waals surface area contributed by atoms with Gasteiger partial charge >= 0.3 is 5.97 Å². The van der Waals surface area contributed by atoms with Gasteiger partial charge in [0.1, 0.15) is 17.1 Å². The van der Waals surface area contributed by atoms with E-state index in [1.165, 1.54) is 25.3 Å². The summed E-state index contributed by atoms with van der Waals surface area (Å²) >= 11 is 0. The number of nitrogens with one attached hydrogen (secondary N) is 1. The summed E-state index contributed by atoms with van der Waals surface area (Å²) in [5, 5.41) is 12.5. The van der Waals surface area contributed by atoms with Crippen molar-refractivity contribution < 1.29 is 24.2 Å². The summed E-state index contributed by atoms with van der Waals surface area (Å²) < 4.78 is 10.0. The largest absolute Gasteiger partial charge is 0.507 e. The molecule has 0 aliphatic heterocycles. The lowest BCUT2D eigenvalue weighted by molar-refractivity contribution is -0.119. The first kappa shape index (κ1) is 19.3. The summed E-state index contributed by atoms with van der Waals surface area (Å²) in [4.78, 5) is 24.2. The van der Waals surface area contributed by atoms with Crippen molar-refractivity contribution in [3.05, 3.63) is 53.6 Å². The Bertz CT molecular complexity index is 788. The molecule has 1 atom stereocenters. The van der Waals surface area contributed by atoms with Crippen molar-refractivity contribution >= 4 is 17.6 Å². The molecule has 0 radical (unpaired) electrons. The summed E-state index contributed by atoms with van der Waals surface area (Å²) in [5.41, 5.74) is 1.67. The molecule has 6 nitrogen and oxygen atoms in total. The molecular formula is C20H23NO5. The average molecular weight is 357 g/mol. The van der Waals surface area contributed by atoms with E-state index in [1.807, 2.05) is 24.3 Å². The third kappa shape index (κ3) is 4.75. The molecule has 0 aliphatic carbocycles. The summed E-state index contributed by atoms with van der Waals surface area (Å²) in [7, 11) is 1.45. The van der Waals surface area contributed by atoms with E-state index in [0.29, 0.717) is 17.4 Å². The number of aromatic hydroxyl groups is 1. The SMILES string of the molecule is CC[C@H](C)c1ccccc1NC(=O)COC(=O)c1cc(OC)ccc1O. The summed E-state index contributed by atoms with van der Waals surface area (Å²) in [5.74, 6) is -0.786. The van der Waals surface area contributed by atoms with Gasteiger partial charge in [0.15, 0.2) is 6.61 Å². The number of hydrogen-bond donors (Lipinski definition) is 2. The van der Waals surface area contributed by atoms with Crippen LogP contribution in [0.4, 0.5) is 5.69 Å². The van der Waals surface area contributed by atoms with Gasteiger partial charge in [-0.3, -0.25) is 4.79 Å². The topological polar surface area (TPSA) is 84.9 Å². The highest BCUT2D eigenvalue weighted by Gasteiger charge is 2.17. The van der Waals surface area contributed by atoms with Crippen molar-refractivity contribution in [2.75, 3.05) is 19.0 Å². The number of phenols is 1. The molecule has 6 heteroatoms. The third-order valence-electron chi connectivity index (χ3n) is 4.14. The van der Waals surface area contributed by atoms with E-state index in [2.05, 4.69) is 19.2 Å². The van der Waals surface area contributed by atoms with E-state index in [4.69, 9.17) is 9.47 Å². The molecule has 2 rings (SSSR count). The molecule has 0 fully saturated rings. The lowest BCUT2D eigenvalue weighted by Crippen LogP contribution is -2.21. The molecule has 2 aromatic carbocycles. The fraction of sp³-hybridized carbons (Fsp3) is 0.300. The number of benzene rings is 2.